The lowest BCUT2D eigenvalue weighted by atomic mass is 9.97. The summed E-state index contributed by atoms with van der Waals surface area (Å²) in [6.45, 7) is 12.3. The number of fused-ring (bicyclic) bond motifs is 1. The van der Waals surface area contributed by atoms with Crippen LogP contribution in [-0.4, -0.2) is 61.7 Å². The van der Waals surface area contributed by atoms with Crippen molar-refractivity contribution in [2.45, 2.75) is 38.3 Å². The minimum atomic E-state index is 0.679. The minimum Gasteiger partial charge on any atom is -0.316 e. The van der Waals surface area contributed by atoms with Gasteiger partial charge in [-0.1, -0.05) is 13.0 Å². The van der Waals surface area contributed by atoms with Crippen molar-refractivity contribution in [3.63, 3.8) is 0 Å². The summed E-state index contributed by atoms with van der Waals surface area (Å²) in [6.07, 6.45) is 4.21. The highest BCUT2D eigenvalue weighted by Crippen LogP contribution is 2.24. The summed E-state index contributed by atoms with van der Waals surface area (Å²) in [5, 5.41) is 3.19. The van der Waals surface area contributed by atoms with Crippen LogP contribution >= 0.6 is 0 Å². The van der Waals surface area contributed by atoms with Crippen LogP contribution in [-0.2, 0) is 0 Å². The minimum absolute atomic E-state index is 0.679. The molecule has 0 aromatic rings. The zero-order valence-electron chi connectivity index (χ0n) is 11.4. The van der Waals surface area contributed by atoms with Crippen LogP contribution in [0.15, 0.2) is 12.2 Å². The third kappa shape index (κ3) is 3.30. The molecule has 0 aromatic carbocycles. The molecule has 17 heavy (non-hydrogen) atoms. The van der Waals surface area contributed by atoms with E-state index in [1.807, 2.05) is 7.05 Å². The van der Waals surface area contributed by atoms with Gasteiger partial charge in [-0.3, -0.25) is 9.80 Å². The molecular formula is C14H27N3. The monoisotopic (exact) mass is 237 g/mol. The Kier molecular flexibility index (Phi) is 4.60. The second-order valence-electron chi connectivity index (χ2n) is 5.70. The number of rotatable bonds is 4. The van der Waals surface area contributed by atoms with Crippen LogP contribution in [0.25, 0.3) is 0 Å². The molecule has 2 unspecified atom stereocenters. The van der Waals surface area contributed by atoms with Crippen molar-refractivity contribution in [2.24, 2.45) is 0 Å². The fourth-order valence-corrected chi connectivity index (χ4v) is 3.23. The average molecular weight is 237 g/mol. The second-order valence-corrected chi connectivity index (χ2v) is 5.70. The van der Waals surface area contributed by atoms with E-state index in [2.05, 4.69) is 28.6 Å². The zero-order chi connectivity index (χ0) is 12.3. The van der Waals surface area contributed by atoms with Crippen molar-refractivity contribution in [1.82, 2.24) is 15.1 Å². The highest BCUT2D eigenvalue weighted by Gasteiger charge is 2.32. The number of hydrogen-bond acceptors (Lipinski definition) is 3. The molecule has 0 amide bonds. The first-order chi connectivity index (χ1) is 8.20. The van der Waals surface area contributed by atoms with Gasteiger partial charge in [-0.25, -0.2) is 0 Å². The van der Waals surface area contributed by atoms with E-state index < -0.39 is 0 Å². The molecule has 1 N–H and O–H groups in total. The molecule has 98 valence electrons. The number of likely N-dealkylation sites (N-methyl/N-ethyl adjacent to an activating group) is 1. The van der Waals surface area contributed by atoms with E-state index in [1.54, 1.807) is 0 Å². The SMILES string of the molecule is C=C(CNC)CN1CC2CCCCN2CC1C. The van der Waals surface area contributed by atoms with Crippen molar-refractivity contribution in [2.75, 3.05) is 39.8 Å². The topological polar surface area (TPSA) is 18.5 Å². The maximum absolute atomic E-state index is 4.16. The first kappa shape index (κ1) is 13.1. The van der Waals surface area contributed by atoms with Crippen molar-refractivity contribution in [3.8, 4) is 0 Å². The third-order valence-electron chi connectivity index (χ3n) is 4.17. The molecule has 2 aliphatic rings. The Bertz CT molecular complexity index is 264. The zero-order valence-corrected chi connectivity index (χ0v) is 11.4. The standard InChI is InChI=1S/C14H27N3/c1-12(8-15-3)9-17-11-14-6-4-5-7-16(14)10-13(17)2/h13-15H,1,4-11H2,2-3H3. The Morgan fingerprint density at radius 3 is 2.94 bits per heavy atom. The smallest absolute Gasteiger partial charge is 0.0224 e. The normalized spacial score (nSPS) is 31.2. The molecule has 0 aromatic heterocycles. The van der Waals surface area contributed by atoms with E-state index in [1.165, 1.54) is 44.5 Å². The van der Waals surface area contributed by atoms with Gasteiger partial charge in [0.05, 0.1) is 0 Å². The lowest BCUT2D eigenvalue weighted by Gasteiger charge is -2.47. The van der Waals surface area contributed by atoms with Crippen molar-refractivity contribution < 1.29 is 0 Å². The Morgan fingerprint density at radius 1 is 1.35 bits per heavy atom. The molecule has 2 fully saturated rings. The quantitative estimate of drug-likeness (QED) is 0.744. The molecular weight excluding hydrogens is 210 g/mol. The van der Waals surface area contributed by atoms with E-state index in [9.17, 15) is 0 Å². The Balaban J connectivity index is 1.88. The number of piperazine rings is 1. The molecule has 2 heterocycles. The lowest BCUT2D eigenvalue weighted by molar-refractivity contribution is 0.0201. The largest absolute Gasteiger partial charge is 0.316 e. The van der Waals surface area contributed by atoms with Gasteiger partial charge in [0.15, 0.2) is 0 Å². The molecule has 0 bridgehead atoms. The first-order valence-corrected chi connectivity index (χ1v) is 7.00. The molecule has 0 radical (unpaired) electrons. The van der Waals surface area contributed by atoms with Crippen LogP contribution in [0.1, 0.15) is 26.2 Å². The molecule has 2 atom stereocenters. The maximum Gasteiger partial charge on any atom is 0.0224 e. The predicted octanol–water partition coefficient (Wildman–Crippen LogP) is 1.32. The van der Waals surface area contributed by atoms with Crippen molar-refractivity contribution in [1.29, 1.82) is 0 Å². The summed E-state index contributed by atoms with van der Waals surface area (Å²) >= 11 is 0. The van der Waals surface area contributed by atoms with Crippen LogP contribution in [0.4, 0.5) is 0 Å². The summed E-state index contributed by atoms with van der Waals surface area (Å²) in [7, 11) is 1.99. The number of hydrogen-bond donors (Lipinski definition) is 1. The Labute approximate surface area is 106 Å². The molecule has 0 spiro atoms. The third-order valence-corrected chi connectivity index (χ3v) is 4.17. The van der Waals surface area contributed by atoms with Gasteiger partial charge in [0.25, 0.3) is 0 Å². The Hall–Kier alpha value is -0.380. The molecule has 2 aliphatic heterocycles. The van der Waals surface area contributed by atoms with Gasteiger partial charge < -0.3 is 5.32 Å². The van der Waals surface area contributed by atoms with Crippen LogP contribution in [0.2, 0.25) is 0 Å². The summed E-state index contributed by atoms with van der Waals surface area (Å²) in [5.41, 5.74) is 1.31. The van der Waals surface area contributed by atoms with Gasteiger partial charge in [0, 0.05) is 38.3 Å². The summed E-state index contributed by atoms with van der Waals surface area (Å²) < 4.78 is 0. The summed E-state index contributed by atoms with van der Waals surface area (Å²) in [4.78, 5) is 5.32. The number of piperidine rings is 1. The van der Waals surface area contributed by atoms with Crippen LogP contribution in [0, 0.1) is 0 Å². The van der Waals surface area contributed by atoms with Gasteiger partial charge in [-0.2, -0.15) is 0 Å². The van der Waals surface area contributed by atoms with Crippen molar-refractivity contribution >= 4 is 0 Å². The molecule has 0 aliphatic carbocycles. The molecule has 0 saturated carbocycles. The maximum atomic E-state index is 4.16. The van der Waals surface area contributed by atoms with Gasteiger partial charge in [0.2, 0.25) is 0 Å². The van der Waals surface area contributed by atoms with Crippen LogP contribution < -0.4 is 5.32 Å². The fourth-order valence-electron chi connectivity index (χ4n) is 3.23. The van der Waals surface area contributed by atoms with Crippen molar-refractivity contribution in [3.05, 3.63) is 12.2 Å². The van der Waals surface area contributed by atoms with Gasteiger partial charge in [-0.15, -0.1) is 0 Å². The average Bonchev–Trinajstić information content (AvgIpc) is 2.30. The van der Waals surface area contributed by atoms with Gasteiger partial charge in [0.1, 0.15) is 0 Å². The Morgan fingerprint density at radius 2 is 2.18 bits per heavy atom. The first-order valence-electron chi connectivity index (χ1n) is 7.00. The van der Waals surface area contributed by atoms with Crippen LogP contribution in [0.3, 0.4) is 0 Å². The van der Waals surface area contributed by atoms with E-state index in [-0.39, 0.29) is 0 Å². The van der Waals surface area contributed by atoms with Gasteiger partial charge >= 0.3 is 0 Å². The molecule has 2 rings (SSSR count). The second kappa shape index (κ2) is 5.98. The number of nitrogens with zero attached hydrogens (tertiary/aromatic N) is 2. The van der Waals surface area contributed by atoms with E-state index in [4.69, 9.17) is 0 Å². The molecule has 3 nitrogen and oxygen atoms in total. The van der Waals surface area contributed by atoms with E-state index in [0.717, 1.165) is 19.1 Å². The molecule has 3 heteroatoms. The van der Waals surface area contributed by atoms with E-state index >= 15 is 0 Å². The van der Waals surface area contributed by atoms with Gasteiger partial charge in [-0.05, 0) is 38.9 Å². The highest BCUT2D eigenvalue weighted by atomic mass is 15.3. The summed E-state index contributed by atoms with van der Waals surface area (Å²) in [5.74, 6) is 0. The predicted molar refractivity (Wildman–Crippen MR) is 73.3 cm³/mol. The lowest BCUT2D eigenvalue weighted by Crippen LogP contribution is -2.59. The van der Waals surface area contributed by atoms with Crippen LogP contribution in [0.5, 0.6) is 0 Å². The molecule has 2 saturated heterocycles. The highest BCUT2D eigenvalue weighted by molar-refractivity contribution is 5.02. The summed E-state index contributed by atoms with van der Waals surface area (Å²) in [6, 6.07) is 1.49. The van der Waals surface area contributed by atoms with E-state index in [0.29, 0.717) is 6.04 Å². The number of nitrogens with one attached hydrogen (secondary N) is 1. The fraction of sp³-hybridized carbons (Fsp3) is 0.857.